The van der Waals surface area contributed by atoms with Gasteiger partial charge in [0.1, 0.15) is 5.76 Å². The van der Waals surface area contributed by atoms with Gasteiger partial charge < -0.3 is 9.73 Å². The Kier molecular flexibility index (Phi) is 4.35. The normalized spacial score (nSPS) is 19.1. The monoisotopic (exact) mass is 349 g/mol. The number of carbonyl (C=O) groups is 1. The summed E-state index contributed by atoms with van der Waals surface area (Å²) in [6.45, 7) is 0. The highest BCUT2D eigenvalue weighted by Gasteiger charge is 2.30. The average molecular weight is 349 g/mol. The molecule has 25 heavy (non-hydrogen) atoms. The molecule has 1 N–H and O–H groups in total. The van der Waals surface area contributed by atoms with Crippen LogP contribution in [0.5, 0.6) is 0 Å². The Hall–Kier alpha value is -2.86. The molecule has 1 aliphatic heterocycles. The molecule has 3 aromatic rings. The van der Waals surface area contributed by atoms with Crippen molar-refractivity contribution in [1.82, 2.24) is 5.32 Å². The van der Waals surface area contributed by atoms with Crippen LogP contribution in [0.2, 0.25) is 0 Å². The number of fused-ring (bicyclic) bond motifs is 1. The molecule has 1 atom stereocenters. The fourth-order valence-electron chi connectivity index (χ4n) is 2.76. The van der Waals surface area contributed by atoms with E-state index in [2.05, 4.69) is 39.8 Å². The van der Waals surface area contributed by atoms with Crippen LogP contribution in [-0.4, -0.2) is 22.5 Å². The average Bonchev–Trinajstić information content (AvgIpc) is 3.26. The minimum Gasteiger partial charge on any atom is -0.463 e. The van der Waals surface area contributed by atoms with Crippen LogP contribution in [0.3, 0.4) is 0 Å². The van der Waals surface area contributed by atoms with Crippen LogP contribution < -0.4 is 5.32 Å². The van der Waals surface area contributed by atoms with E-state index in [1.807, 2.05) is 18.2 Å². The predicted molar refractivity (Wildman–Crippen MR) is 101 cm³/mol. The summed E-state index contributed by atoms with van der Waals surface area (Å²) >= 11 is 1.40. The van der Waals surface area contributed by atoms with Crippen molar-refractivity contribution in [3.05, 3.63) is 72.2 Å². The summed E-state index contributed by atoms with van der Waals surface area (Å²) in [6.07, 6.45) is 3.73. The maximum absolute atomic E-state index is 12.2. The van der Waals surface area contributed by atoms with Gasteiger partial charge in [0.2, 0.25) is 5.91 Å². The number of carbonyl (C=O) groups excluding carboxylic acids is 1. The number of hydrogen-bond donors (Lipinski definition) is 1. The minimum atomic E-state index is -0.205. The molecule has 1 amide bonds. The standard InChI is InChI=1S/C19H15N3O2S/c23-18-17(11-14-7-3-6-13-5-1-2-9-16(13)14)25-19(21-18)22-20-12-15-8-4-10-24-15/h1-10,12,17H,11H2,(H,21,22,23)/t17-/m1/s1. The van der Waals surface area contributed by atoms with Crippen molar-refractivity contribution < 1.29 is 9.21 Å². The molecule has 1 aliphatic rings. The first kappa shape index (κ1) is 15.7. The number of amides is 1. The van der Waals surface area contributed by atoms with E-state index in [1.165, 1.54) is 28.7 Å². The van der Waals surface area contributed by atoms with Crippen molar-refractivity contribution in [1.29, 1.82) is 0 Å². The Morgan fingerprint density at radius 1 is 1.12 bits per heavy atom. The zero-order chi connectivity index (χ0) is 17.1. The van der Waals surface area contributed by atoms with Gasteiger partial charge in [0.05, 0.1) is 17.7 Å². The van der Waals surface area contributed by atoms with Crippen LogP contribution in [0.4, 0.5) is 0 Å². The van der Waals surface area contributed by atoms with E-state index in [-0.39, 0.29) is 11.2 Å². The number of hydrogen-bond acceptors (Lipinski definition) is 5. The number of thioether (sulfide) groups is 1. The van der Waals surface area contributed by atoms with Crippen molar-refractivity contribution >= 4 is 39.8 Å². The maximum Gasteiger partial charge on any atom is 0.239 e. The van der Waals surface area contributed by atoms with Crippen molar-refractivity contribution in [3.8, 4) is 0 Å². The Morgan fingerprint density at radius 3 is 2.88 bits per heavy atom. The van der Waals surface area contributed by atoms with Gasteiger partial charge in [-0.05, 0) is 34.9 Å². The van der Waals surface area contributed by atoms with Crippen molar-refractivity contribution in [3.63, 3.8) is 0 Å². The van der Waals surface area contributed by atoms with Gasteiger partial charge in [-0.3, -0.25) is 4.79 Å². The fraction of sp³-hybridized carbons (Fsp3) is 0.105. The van der Waals surface area contributed by atoms with E-state index in [0.29, 0.717) is 17.3 Å². The molecule has 0 radical (unpaired) electrons. The lowest BCUT2D eigenvalue weighted by Gasteiger charge is -2.09. The van der Waals surface area contributed by atoms with Crippen molar-refractivity contribution in [2.24, 2.45) is 10.2 Å². The summed E-state index contributed by atoms with van der Waals surface area (Å²) in [4.78, 5) is 12.2. The first-order chi connectivity index (χ1) is 12.3. The third-order valence-electron chi connectivity index (χ3n) is 3.94. The molecular formula is C19H15N3O2S. The topological polar surface area (TPSA) is 67.0 Å². The fourth-order valence-corrected chi connectivity index (χ4v) is 3.71. The zero-order valence-corrected chi connectivity index (χ0v) is 14.1. The molecule has 2 heterocycles. The van der Waals surface area contributed by atoms with E-state index in [1.54, 1.807) is 18.4 Å². The lowest BCUT2D eigenvalue weighted by molar-refractivity contribution is -0.118. The number of benzene rings is 2. The molecule has 124 valence electrons. The molecule has 5 nitrogen and oxygen atoms in total. The van der Waals surface area contributed by atoms with Crippen molar-refractivity contribution in [2.75, 3.05) is 0 Å². The summed E-state index contributed by atoms with van der Waals surface area (Å²) in [5.74, 6) is 0.580. The highest BCUT2D eigenvalue weighted by molar-refractivity contribution is 8.15. The SMILES string of the molecule is O=C1N/C(=N\N=Cc2ccco2)S[C@@H]1Cc1cccc2ccccc12. The highest BCUT2D eigenvalue weighted by atomic mass is 32.2. The molecule has 0 saturated carbocycles. The lowest BCUT2D eigenvalue weighted by Crippen LogP contribution is -2.26. The van der Waals surface area contributed by atoms with Gasteiger partial charge in [-0.25, -0.2) is 0 Å². The second kappa shape index (κ2) is 6.94. The summed E-state index contributed by atoms with van der Waals surface area (Å²) in [5, 5.41) is 13.5. The van der Waals surface area contributed by atoms with Gasteiger partial charge in [-0.15, -0.1) is 5.10 Å². The first-order valence-corrected chi connectivity index (χ1v) is 8.76. The van der Waals surface area contributed by atoms with E-state index >= 15 is 0 Å². The Bertz CT molecular complexity index is 958. The quantitative estimate of drug-likeness (QED) is 0.578. The van der Waals surface area contributed by atoms with Gasteiger partial charge in [-0.1, -0.05) is 54.2 Å². The molecule has 1 saturated heterocycles. The largest absolute Gasteiger partial charge is 0.463 e. The molecule has 1 fully saturated rings. The van der Waals surface area contributed by atoms with Gasteiger partial charge in [0, 0.05) is 0 Å². The third-order valence-corrected chi connectivity index (χ3v) is 5.01. The Labute approximate surface area is 148 Å². The van der Waals surface area contributed by atoms with E-state index in [4.69, 9.17) is 4.42 Å². The van der Waals surface area contributed by atoms with Crippen LogP contribution in [0, 0.1) is 0 Å². The summed E-state index contributed by atoms with van der Waals surface area (Å²) < 4.78 is 5.15. The number of amidine groups is 1. The molecule has 4 rings (SSSR count). The summed E-state index contributed by atoms with van der Waals surface area (Å²) in [6, 6.07) is 17.9. The predicted octanol–water partition coefficient (Wildman–Crippen LogP) is 3.60. The minimum absolute atomic E-state index is 0.0371. The third kappa shape index (κ3) is 3.49. The summed E-state index contributed by atoms with van der Waals surface area (Å²) in [7, 11) is 0. The summed E-state index contributed by atoms with van der Waals surface area (Å²) in [5.41, 5.74) is 1.16. The smallest absolute Gasteiger partial charge is 0.239 e. The second-order valence-electron chi connectivity index (χ2n) is 5.60. The molecule has 0 bridgehead atoms. The van der Waals surface area contributed by atoms with E-state index < -0.39 is 0 Å². The van der Waals surface area contributed by atoms with Crippen LogP contribution in [0.15, 0.2) is 75.5 Å². The van der Waals surface area contributed by atoms with E-state index in [0.717, 1.165) is 5.56 Å². The van der Waals surface area contributed by atoms with Crippen LogP contribution in [-0.2, 0) is 11.2 Å². The van der Waals surface area contributed by atoms with Gasteiger partial charge in [0.15, 0.2) is 5.17 Å². The molecule has 6 heteroatoms. The van der Waals surface area contributed by atoms with Crippen molar-refractivity contribution in [2.45, 2.75) is 11.7 Å². The van der Waals surface area contributed by atoms with Crippen LogP contribution in [0.1, 0.15) is 11.3 Å². The van der Waals surface area contributed by atoms with Gasteiger partial charge >= 0.3 is 0 Å². The molecule has 2 aromatic carbocycles. The number of nitrogens with one attached hydrogen (secondary N) is 1. The molecular weight excluding hydrogens is 334 g/mol. The zero-order valence-electron chi connectivity index (χ0n) is 13.3. The Morgan fingerprint density at radius 2 is 2.00 bits per heavy atom. The van der Waals surface area contributed by atoms with Gasteiger partial charge in [0.25, 0.3) is 0 Å². The number of rotatable bonds is 4. The maximum atomic E-state index is 12.2. The number of furan rings is 1. The molecule has 0 spiro atoms. The lowest BCUT2D eigenvalue weighted by atomic mass is 10.0. The Balaban J connectivity index is 1.49. The highest BCUT2D eigenvalue weighted by Crippen LogP contribution is 2.27. The van der Waals surface area contributed by atoms with Crippen LogP contribution in [0.25, 0.3) is 10.8 Å². The number of nitrogens with zero attached hydrogens (tertiary/aromatic N) is 2. The second-order valence-corrected chi connectivity index (χ2v) is 6.79. The van der Waals surface area contributed by atoms with Crippen LogP contribution >= 0.6 is 11.8 Å². The molecule has 1 aromatic heterocycles. The van der Waals surface area contributed by atoms with E-state index in [9.17, 15) is 4.79 Å². The first-order valence-electron chi connectivity index (χ1n) is 7.88. The van der Waals surface area contributed by atoms with Gasteiger partial charge in [-0.2, -0.15) is 5.10 Å². The molecule has 0 unspecified atom stereocenters. The molecule has 0 aliphatic carbocycles.